The molecule has 104 valence electrons. The number of nitrogens with one attached hydrogen (secondary N) is 1. The third-order valence-corrected chi connectivity index (χ3v) is 3.78. The van der Waals surface area contributed by atoms with Crippen LogP contribution in [0.1, 0.15) is 43.3 Å². The van der Waals surface area contributed by atoms with Crippen molar-refractivity contribution < 1.29 is 4.42 Å². The van der Waals surface area contributed by atoms with Crippen LogP contribution in [0.2, 0.25) is 0 Å². The Kier molecular flexibility index (Phi) is 4.82. The van der Waals surface area contributed by atoms with Crippen molar-refractivity contribution in [2.75, 3.05) is 6.54 Å². The fraction of sp³-hybridized carbons (Fsp3) is 0.500. The molecule has 5 heteroatoms. The first-order valence-electron chi connectivity index (χ1n) is 6.67. The second kappa shape index (κ2) is 6.39. The third kappa shape index (κ3) is 2.92. The molecule has 0 aliphatic rings. The van der Waals surface area contributed by atoms with Gasteiger partial charge in [-0.1, -0.05) is 6.92 Å². The van der Waals surface area contributed by atoms with E-state index in [-0.39, 0.29) is 6.04 Å². The quantitative estimate of drug-likeness (QED) is 0.881. The molecular weight excluding hydrogens is 306 g/mol. The summed E-state index contributed by atoms with van der Waals surface area (Å²) in [5.41, 5.74) is 2.28. The van der Waals surface area contributed by atoms with Crippen molar-refractivity contribution in [1.29, 1.82) is 0 Å². The number of hydrogen-bond acceptors (Lipinski definition) is 3. The van der Waals surface area contributed by atoms with Crippen LogP contribution in [0, 0.1) is 6.92 Å². The number of halogens is 1. The Labute approximate surface area is 122 Å². The summed E-state index contributed by atoms with van der Waals surface area (Å²) in [6, 6.07) is 2.03. The molecule has 4 nitrogen and oxygen atoms in total. The normalized spacial score (nSPS) is 12.8. The van der Waals surface area contributed by atoms with Crippen LogP contribution in [0.25, 0.3) is 0 Å². The molecule has 0 saturated heterocycles. The van der Waals surface area contributed by atoms with Crippen molar-refractivity contribution in [2.45, 2.75) is 39.8 Å². The van der Waals surface area contributed by atoms with E-state index in [4.69, 9.17) is 4.42 Å². The number of aryl methyl sites for hydroxylation is 2. The zero-order valence-electron chi connectivity index (χ0n) is 11.6. The molecule has 0 amide bonds. The van der Waals surface area contributed by atoms with Crippen LogP contribution >= 0.6 is 15.9 Å². The Balaban J connectivity index is 2.42. The average Bonchev–Trinajstić information content (AvgIpc) is 2.98. The van der Waals surface area contributed by atoms with E-state index in [2.05, 4.69) is 47.1 Å². The maximum Gasteiger partial charge on any atom is 0.129 e. The molecule has 0 bridgehead atoms. The molecule has 2 aromatic heterocycles. The number of furan rings is 1. The molecule has 0 fully saturated rings. The van der Waals surface area contributed by atoms with E-state index in [1.807, 2.05) is 16.9 Å². The van der Waals surface area contributed by atoms with E-state index in [0.717, 1.165) is 41.0 Å². The van der Waals surface area contributed by atoms with E-state index in [0.29, 0.717) is 0 Å². The van der Waals surface area contributed by atoms with Gasteiger partial charge in [-0.05, 0) is 54.4 Å². The molecule has 2 aromatic rings. The predicted molar refractivity (Wildman–Crippen MR) is 79.2 cm³/mol. The standard InChI is InChI=1S/C14H20BrN3O/c1-4-7-16-12(14-10(3)6-8-19-14)13-11(15)9-17-18(13)5-2/h6,8-9,12,16H,4-5,7H2,1-3H3. The van der Waals surface area contributed by atoms with Crippen molar-refractivity contribution in [3.05, 3.63) is 40.0 Å². The summed E-state index contributed by atoms with van der Waals surface area (Å²) in [5.74, 6) is 0.962. The van der Waals surface area contributed by atoms with Crippen LogP contribution < -0.4 is 5.32 Å². The second-order valence-electron chi connectivity index (χ2n) is 4.55. The van der Waals surface area contributed by atoms with Crippen molar-refractivity contribution in [3.8, 4) is 0 Å². The first-order chi connectivity index (χ1) is 9.19. The maximum absolute atomic E-state index is 5.68. The summed E-state index contributed by atoms with van der Waals surface area (Å²) in [5, 5.41) is 7.94. The van der Waals surface area contributed by atoms with E-state index in [1.54, 1.807) is 6.26 Å². The van der Waals surface area contributed by atoms with Gasteiger partial charge in [0.15, 0.2) is 0 Å². The third-order valence-electron chi connectivity index (χ3n) is 3.17. The molecule has 0 saturated carbocycles. The molecule has 0 aliphatic heterocycles. The molecule has 2 rings (SSSR count). The summed E-state index contributed by atoms with van der Waals surface area (Å²) < 4.78 is 8.69. The lowest BCUT2D eigenvalue weighted by Crippen LogP contribution is -2.26. The van der Waals surface area contributed by atoms with Gasteiger partial charge in [-0.2, -0.15) is 5.10 Å². The Hall–Kier alpha value is -1.07. The highest BCUT2D eigenvalue weighted by Gasteiger charge is 2.24. The fourth-order valence-corrected chi connectivity index (χ4v) is 2.72. The van der Waals surface area contributed by atoms with Gasteiger partial charge in [-0.15, -0.1) is 0 Å². The summed E-state index contributed by atoms with van der Waals surface area (Å²) in [4.78, 5) is 0. The van der Waals surface area contributed by atoms with Crippen LogP contribution in [0.3, 0.4) is 0 Å². The molecule has 0 radical (unpaired) electrons. The first-order valence-corrected chi connectivity index (χ1v) is 7.46. The van der Waals surface area contributed by atoms with E-state index in [9.17, 15) is 0 Å². The molecular formula is C14H20BrN3O. The van der Waals surface area contributed by atoms with Gasteiger partial charge >= 0.3 is 0 Å². The lowest BCUT2D eigenvalue weighted by molar-refractivity contribution is 0.424. The highest BCUT2D eigenvalue weighted by atomic mass is 79.9. The lowest BCUT2D eigenvalue weighted by Gasteiger charge is -2.19. The maximum atomic E-state index is 5.68. The highest BCUT2D eigenvalue weighted by molar-refractivity contribution is 9.10. The molecule has 1 unspecified atom stereocenters. The van der Waals surface area contributed by atoms with Gasteiger partial charge in [0.2, 0.25) is 0 Å². The largest absolute Gasteiger partial charge is 0.467 e. The predicted octanol–water partition coefficient (Wildman–Crippen LogP) is 3.66. The minimum absolute atomic E-state index is 0.0341. The smallest absolute Gasteiger partial charge is 0.129 e. The number of rotatable bonds is 6. The number of aromatic nitrogens is 2. The van der Waals surface area contributed by atoms with Crippen LogP contribution in [-0.4, -0.2) is 16.3 Å². The molecule has 1 atom stereocenters. The van der Waals surface area contributed by atoms with Crippen molar-refractivity contribution >= 4 is 15.9 Å². The summed E-state index contributed by atoms with van der Waals surface area (Å²) in [6.45, 7) is 8.09. The molecule has 0 aromatic carbocycles. The van der Waals surface area contributed by atoms with Crippen molar-refractivity contribution in [1.82, 2.24) is 15.1 Å². The van der Waals surface area contributed by atoms with Crippen LogP contribution in [0.15, 0.2) is 27.4 Å². The van der Waals surface area contributed by atoms with E-state index < -0.39 is 0 Å². The zero-order chi connectivity index (χ0) is 13.8. The van der Waals surface area contributed by atoms with Crippen LogP contribution in [0.5, 0.6) is 0 Å². The Morgan fingerprint density at radius 2 is 2.26 bits per heavy atom. The Bertz CT molecular complexity index is 533. The average molecular weight is 326 g/mol. The van der Waals surface area contributed by atoms with Crippen molar-refractivity contribution in [3.63, 3.8) is 0 Å². The highest BCUT2D eigenvalue weighted by Crippen LogP contribution is 2.30. The lowest BCUT2D eigenvalue weighted by atomic mass is 10.1. The first kappa shape index (κ1) is 14.3. The molecule has 0 aliphatic carbocycles. The molecule has 1 N–H and O–H groups in total. The number of hydrogen-bond donors (Lipinski definition) is 1. The molecule has 2 heterocycles. The monoisotopic (exact) mass is 325 g/mol. The fourth-order valence-electron chi connectivity index (χ4n) is 2.19. The van der Waals surface area contributed by atoms with Gasteiger partial charge in [0, 0.05) is 6.54 Å². The zero-order valence-corrected chi connectivity index (χ0v) is 13.2. The van der Waals surface area contributed by atoms with Gasteiger partial charge in [-0.3, -0.25) is 4.68 Å². The Morgan fingerprint density at radius 1 is 1.47 bits per heavy atom. The van der Waals surface area contributed by atoms with Crippen molar-refractivity contribution in [2.24, 2.45) is 0 Å². The van der Waals surface area contributed by atoms with Gasteiger partial charge in [0.25, 0.3) is 0 Å². The van der Waals surface area contributed by atoms with Gasteiger partial charge in [-0.25, -0.2) is 0 Å². The summed E-state index contributed by atoms with van der Waals surface area (Å²) in [7, 11) is 0. The Morgan fingerprint density at radius 3 is 2.84 bits per heavy atom. The summed E-state index contributed by atoms with van der Waals surface area (Å²) in [6.07, 6.45) is 4.66. The SMILES string of the molecule is CCCNC(c1occc1C)c1c(Br)cnn1CC. The second-order valence-corrected chi connectivity index (χ2v) is 5.40. The minimum Gasteiger partial charge on any atom is -0.467 e. The van der Waals surface area contributed by atoms with E-state index >= 15 is 0 Å². The molecule has 0 spiro atoms. The number of nitrogens with zero attached hydrogens (tertiary/aromatic N) is 2. The summed E-state index contributed by atoms with van der Waals surface area (Å²) >= 11 is 3.60. The minimum atomic E-state index is 0.0341. The van der Waals surface area contributed by atoms with Gasteiger partial charge < -0.3 is 9.73 Å². The topological polar surface area (TPSA) is 43.0 Å². The van der Waals surface area contributed by atoms with Crippen LogP contribution in [0.4, 0.5) is 0 Å². The van der Waals surface area contributed by atoms with E-state index in [1.165, 1.54) is 0 Å². The molecule has 19 heavy (non-hydrogen) atoms. The van der Waals surface area contributed by atoms with Crippen LogP contribution in [-0.2, 0) is 6.54 Å². The van der Waals surface area contributed by atoms with Gasteiger partial charge in [0.05, 0.1) is 22.6 Å². The van der Waals surface area contributed by atoms with Gasteiger partial charge in [0.1, 0.15) is 11.8 Å².